The van der Waals surface area contributed by atoms with E-state index in [9.17, 15) is 13.2 Å². The molecule has 2 saturated heterocycles. The van der Waals surface area contributed by atoms with E-state index in [4.69, 9.17) is 0 Å². The van der Waals surface area contributed by atoms with Crippen molar-refractivity contribution in [2.75, 3.05) is 24.6 Å². The number of rotatable bonds is 4. The molecule has 2 aromatic heterocycles. The van der Waals surface area contributed by atoms with E-state index in [2.05, 4.69) is 15.2 Å². The summed E-state index contributed by atoms with van der Waals surface area (Å²) in [5.74, 6) is 0.528. The number of nitrogens with zero attached hydrogens (tertiary/aromatic N) is 3. The van der Waals surface area contributed by atoms with Crippen LogP contribution in [0.3, 0.4) is 0 Å². The van der Waals surface area contributed by atoms with Gasteiger partial charge in [0.25, 0.3) is 5.91 Å². The topological polar surface area (TPSA) is 84.3 Å². The van der Waals surface area contributed by atoms with Crippen LogP contribution in [-0.2, 0) is 9.84 Å². The summed E-state index contributed by atoms with van der Waals surface area (Å²) in [6.45, 7) is 3.53. The van der Waals surface area contributed by atoms with Gasteiger partial charge in [0, 0.05) is 37.6 Å². The lowest BCUT2D eigenvalue weighted by atomic mass is 10.0. The van der Waals surface area contributed by atoms with Gasteiger partial charge in [0.2, 0.25) is 0 Å². The van der Waals surface area contributed by atoms with E-state index in [-0.39, 0.29) is 23.7 Å². The SMILES string of the molecule is Cc1nc(-n2cccc2)sc1C(=O)NC1CCN([C@@H]2CCS(=O)(=O)C2)CC1. The molecule has 4 heterocycles. The normalized spacial score (nSPS) is 23.5. The fraction of sp³-hybridized carbons (Fsp3) is 0.556. The number of nitrogens with one attached hydrogen (secondary N) is 1. The predicted octanol–water partition coefficient (Wildman–Crippen LogP) is 1.62. The molecule has 146 valence electrons. The lowest BCUT2D eigenvalue weighted by molar-refractivity contribution is 0.0901. The van der Waals surface area contributed by atoms with Gasteiger partial charge in [-0.25, -0.2) is 13.4 Å². The Labute approximate surface area is 163 Å². The van der Waals surface area contributed by atoms with E-state index < -0.39 is 9.84 Å². The van der Waals surface area contributed by atoms with Crippen LogP contribution in [0.1, 0.15) is 34.6 Å². The summed E-state index contributed by atoms with van der Waals surface area (Å²) in [5.41, 5.74) is 0.745. The molecule has 0 aliphatic carbocycles. The van der Waals surface area contributed by atoms with Gasteiger partial charge in [-0.15, -0.1) is 0 Å². The molecule has 1 amide bonds. The molecule has 27 heavy (non-hydrogen) atoms. The van der Waals surface area contributed by atoms with Gasteiger partial charge in [-0.3, -0.25) is 9.69 Å². The van der Waals surface area contributed by atoms with Gasteiger partial charge in [0.05, 0.1) is 17.2 Å². The minimum atomic E-state index is -2.85. The first-order valence-electron chi connectivity index (χ1n) is 9.27. The molecular weight excluding hydrogens is 384 g/mol. The van der Waals surface area contributed by atoms with Crippen molar-refractivity contribution >= 4 is 27.1 Å². The third-order valence-electron chi connectivity index (χ3n) is 5.41. The van der Waals surface area contributed by atoms with Gasteiger partial charge in [-0.2, -0.15) is 0 Å². The number of aromatic nitrogens is 2. The van der Waals surface area contributed by atoms with Gasteiger partial charge in [-0.05, 0) is 38.3 Å². The second kappa shape index (κ2) is 7.37. The molecule has 0 radical (unpaired) electrons. The van der Waals surface area contributed by atoms with Crippen molar-refractivity contribution in [3.63, 3.8) is 0 Å². The molecule has 0 unspecified atom stereocenters. The molecule has 0 spiro atoms. The number of hydrogen-bond acceptors (Lipinski definition) is 6. The van der Waals surface area contributed by atoms with Gasteiger partial charge >= 0.3 is 0 Å². The Morgan fingerprint density at radius 1 is 1.22 bits per heavy atom. The number of carbonyl (C=O) groups excluding carboxylic acids is 1. The third-order valence-corrected chi connectivity index (χ3v) is 8.33. The maximum atomic E-state index is 12.7. The van der Waals surface area contributed by atoms with E-state index in [1.165, 1.54) is 11.3 Å². The number of hydrogen-bond donors (Lipinski definition) is 1. The van der Waals surface area contributed by atoms with E-state index >= 15 is 0 Å². The van der Waals surface area contributed by atoms with Crippen LogP contribution in [-0.4, -0.2) is 65.5 Å². The fourth-order valence-corrected chi connectivity index (χ4v) is 6.59. The molecule has 0 aromatic carbocycles. The molecule has 1 atom stereocenters. The zero-order valence-electron chi connectivity index (χ0n) is 15.3. The highest BCUT2D eigenvalue weighted by Gasteiger charge is 2.34. The Kier molecular flexibility index (Phi) is 5.09. The van der Waals surface area contributed by atoms with Gasteiger partial charge in [0.15, 0.2) is 15.0 Å². The predicted molar refractivity (Wildman–Crippen MR) is 105 cm³/mol. The van der Waals surface area contributed by atoms with Crippen LogP contribution in [0.25, 0.3) is 5.13 Å². The summed E-state index contributed by atoms with van der Waals surface area (Å²) in [6.07, 6.45) is 6.27. The van der Waals surface area contributed by atoms with Crippen molar-refractivity contribution in [2.45, 2.75) is 38.3 Å². The molecule has 2 aliphatic rings. The van der Waals surface area contributed by atoms with E-state index in [0.29, 0.717) is 10.6 Å². The number of aryl methyl sites for hydroxylation is 1. The number of likely N-dealkylation sites (tertiary alicyclic amines) is 1. The zero-order chi connectivity index (χ0) is 19.0. The first-order chi connectivity index (χ1) is 12.9. The first-order valence-corrected chi connectivity index (χ1v) is 11.9. The van der Waals surface area contributed by atoms with E-state index in [0.717, 1.165) is 43.2 Å². The van der Waals surface area contributed by atoms with Crippen LogP contribution in [0.4, 0.5) is 0 Å². The minimum absolute atomic E-state index is 0.0645. The molecular formula is C18H24N4O3S2. The summed E-state index contributed by atoms with van der Waals surface area (Å²) >= 11 is 1.40. The second-order valence-corrected chi connectivity index (χ2v) is 10.5. The van der Waals surface area contributed by atoms with Crippen LogP contribution < -0.4 is 5.32 Å². The summed E-state index contributed by atoms with van der Waals surface area (Å²) in [5, 5.41) is 3.93. The van der Waals surface area contributed by atoms with Crippen molar-refractivity contribution in [1.82, 2.24) is 19.8 Å². The van der Waals surface area contributed by atoms with Crippen molar-refractivity contribution in [3.8, 4) is 5.13 Å². The fourth-order valence-electron chi connectivity index (χ4n) is 3.89. The molecule has 2 aromatic rings. The number of carbonyl (C=O) groups is 1. The average Bonchev–Trinajstić information content (AvgIpc) is 3.35. The Bertz CT molecular complexity index is 913. The lowest BCUT2D eigenvalue weighted by Crippen LogP contribution is -2.48. The van der Waals surface area contributed by atoms with Crippen molar-refractivity contribution in [2.24, 2.45) is 0 Å². The van der Waals surface area contributed by atoms with Gasteiger partial charge in [-0.1, -0.05) is 11.3 Å². The first kappa shape index (κ1) is 18.6. The number of thiazole rings is 1. The van der Waals surface area contributed by atoms with E-state index in [1.807, 2.05) is 36.0 Å². The Morgan fingerprint density at radius 3 is 2.56 bits per heavy atom. The van der Waals surface area contributed by atoms with Crippen LogP contribution in [0.5, 0.6) is 0 Å². The smallest absolute Gasteiger partial charge is 0.263 e. The molecule has 7 nitrogen and oxygen atoms in total. The number of piperidine rings is 1. The van der Waals surface area contributed by atoms with E-state index in [1.54, 1.807) is 0 Å². The van der Waals surface area contributed by atoms with Crippen LogP contribution in [0.15, 0.2) is 24.5 Å². The summed E-state index contributed by atoms with van der Waals surface area (Å²) in [6, 6.07) is 4.14. The second-order valence-electron chi connectivity index (χ2n) is 7.34. The van der Waals surface area contributed by atoms with Crippen LogP contribution in [0.2, 0.25) is 0 Å². The maximum Gasteiger partial charge on any atom is 0.263 e. The lowest BCUT2D eigenvalue weighted by Gasteiger charge is -2.35. The van der Waals surface area contributed by atoms with Crippen LogP contribution in [0, 0.1) is 6.92 Å². The largest absolute Gasteiger partial charge is 0.348 e. The highest BCUT2D eigenvalue weighted by molar-refractivity contribution is 7.91. The highest BCUT2D eigenvalue weighted by atomic mass is 32.2. The third kappa shape index (κ3) is 4.09. The molecule has 2 fully saturated rings. The minimum Gasteiger partial charge on any atom is -0.348 e. The standard InChI is InChI=1S/C18H24N4O3S2/c1-13-16(26-18(19-13)22-7-2-3-8-22)17(23)20-14-4-9-21(10-5-14)15-6-11-27(24,25)12-15/h2-3,7-8,14-15H,4-6,9-12H2,1H3,(H,20,23)/t15-/m1/s1. The quantitative estimate of drug-likeness (QED) is 0.831. The number of amides is 1. The van der Waals surface area contributed by atoms with Crippen molar-refractivity contribution < 1.29 is 13.2 Å². The molecule has 4 rings (SSSR count). The number of sulfone groups is 1. The van der Waals surface area contributed by atoms with Crippen molar-refractivity contribution in [1.29, 1.82) is 0 Å². The molecule has 0 bridgehead atoms. The molecule has 9 heteroatoms. The Balaban J connectivity index is 1.34. The Hall–Kier alpha value is -1.71. The monoisotopic (exact) mass is 408 g/mol. The summed E-state index contributed by atoms with van der Waals surface area (Å²) in [7, 11) is -2.85. The molecule has 1 N–H and O–H groups in total. The van der Waals surface area contributed by atoms with Crippen molar-refractivity contribution in [3.05, 3.63) is 35.1 Å². The molecule has 2 aliphatic heterocycles. The Morgan fingerprint density at radius 2 is 1.93 bits per heavy atom. The zero-order valence-corrected chi connectivity index (χ0v) is 16.9. The summed E-state index contributed by atoms with van der Waals surface area (Å²) in [4.78, 5) is 20.1. The highest BCUT2D eigenvalue weighted by Crippen LogP contribution is 2.24. The maximum absolute atomic E-state index is 12.7. The van der Waals surface area contributed by atoms with Gasteiger partial charge in [0.1, 0.15) is 4.88 Å². The molecule has 0 saturated carbocycles. The average molecular weight is 409 g/mol. The van der Waals surface area contributed by atoms with Gasteiger partial charge < -0.3 is 9.88 Å². The summed E-state index contributed by atoms with van der Waals surface area (Å²) < 4.78 is 25.3. The van der Waals surface area contributed by atoms with Crippen LogP contribution >= 0.6 is 11.3 Å².